The van der Waals surface area contributed by atoms with Gasteiger partial charge < -0.3 is 15.0 Å². The van der Waals surface area contributed by atoms with Crippen LogP contribution >= 0.6 is 0 Å². The van der Waals surface area contributed by atoms with Crippen molar-refractivity contribution < 1.29 is 14.3 Å². The van der Waals surface area contributed by atoms with Crippen LogP contribution in [-0.4, -0.2) is 29.9 Å². The van der Waals surface area contributed by atoms with Gasteiger partial charge in [0, 0.05) is 29.4 Å². The lowest BCUT2D eigenvalue weighted by Crippen LogP contribution is -2.36. The van der Waals surface area contributed by atoms with Gasteiger partial charge in [-0.15, -0.1) is 0 Å². The molecule has 1 aromatic carbocycles. The molecule has 2 unspecified atom stereocenters. The monoisotopic (exact) mass is 326 g/mol. The minimum Gasteiger partial charge on any atom is -0.467 e. The van der Waals surface area contributed by atoms with E-state index in [-0.39, 0.29) is 17.7 Å². The van der Waals surface area contributed by atoms with Crippen molar-refractivity contribution in [2.45, 2.75) is 38.6 Å². The minimum absolute atomic E-state index is 0.146. The lowest BCUT2D eigenvalue weighted by Gasteiger charge is -2.21. The molecule has 1 aliphatic rings. The molecule has 0 aliphatic carbocycles. The van der Waals surface area contributed by atoms with Gasteiger partial charge in [0.25, 0.3) is 0 Å². The molecule has 0 saturated heterocycles. The van der Waals surface area contributed by atoms with Crippen molar-refractivity contribution in [3.8, 4) is 0 Å². The number of H-pyrrole nitrogens is 1. The topological polar surface area (TPSA) is 71.2 Å². The highest BCUT2D eigenvalue weighted by Crippen LogP contribution is 2.34. The zero-order valence-corrected chi connectivity index (χ0v) is 14.2. The summed E-state index contributed by atoms with van der Waals surface area (Å²) < 4.78 is 4.92. The predicted molar refractivity (Wildman–Crippen MR) is 92.7 cm³/mol. The van der Waals surface area contributed by atoms with Crippen LogP contribution < -0.4 is 5.32 Å². The van der Waals surface area contributed by atoms with Gasteiger partial charge in [-0.05, 0) is 43.7 Å². The molecule has 24 heavy (non-hydrogen) atoms. The number of carbonyl (C=O) groups is 2. The molecule has 2 atom stereocenters. The summed E-state index contributed by atoms with van der Waals surface area (Å²) in [6, 6.07) is 5.52. The van der Waals surface area contributed by atoms with Gasteiger partial charge in [-0.3, -0.25) is 4.79 Å². The lowest BCUT2D eigenvalue weighted by molar-refractivity contribution is -0.142. The van der Waals surface area contributed by atoms with Gasteiger partial charge in [-0.2, -0.15) is 0 Å². The van der Waals surface area contributed by atoms with E-state index in [1.165, 1.54) is 7.11 Å². The minimum atomic E-state index is -0.453. The first-order chi connectivity index (χ1) is 11.5. The third kappa shape index (κ3) is 2.94. The number of esters is 1. The first kappa shape index (κ1) is 16.3. The van der Waals surface area contributed by atoms with Gasteiger partial charge in [0.2, 0.25) is 0 Å². The van der Waals surface area contributed by atoms with Gasteiger partial charge >= 0.3 is 5.97 Å². The highest BCUT2D eigenvalue weighted by molar-refractivity contribution is 5.94. The highest BCUT2D eigenvalue weighted by atomic mass is 16.5. The van der Waals surface area contributed by atoms with Crippen LogP contribution in [0.4, 0.5) is 0 Å². The van der Waals surface area contributed by atoms with E-state index in [0.29, 0.717) is 12.8 Å². The summed E-state index contributed by atoms with van der Waals surface area (Å²) in [4.78, 5) is 27.6. The summed E-state index contributed by atoms with van der Waals surface area (Å²) in [5, 5.41) is 4.20. The van der Waals surface area contributed by atoms with Crippen LogP contribution in [0.1, 0.15) is 37.3 Å². The summed E-state index contributed by atoms with van der Waals surface area (Å²) in [7, 11) is 1.39. The van der Waals surface area contributed by atoms with Crippen molar-refractivity contribution in [2.75, 3.05) is 7.11 Å². The van der Waals surface area contributed by atoms with Gasteiger partial charge in [-0.25, -0.2) is 4.79 Å². The number of methoxy groups -OCH3 is 1. The standard InChI is InChI=1S/C19H22N2O3/c1-11-7-15(12(2)22)14-5-4-6-16-18(14)13(10-21-16)8-17(20-9-11)19(23)24-3/h4-6,9-10,15,17,20-21H,7-8H2,1-3H3/b11-9-. The summed E-state index contributed by atoms with van der Waals surface area (Å²) in [5.41, 5.74) is 4.05. The maximum Gasteiger partial charge on any atom is 0.328 e. The molecule has 0 fully saturated rings. The average Bonchev–Trinajstić information content (AvgIpc) is 2.98. The van der Waals surface area contributed by atoms with E-state index in [0.717, 1.165) is 27.6 Å². The Balaban J connectivity index is 2.18. The Kier molecular flexibility index (Phi) is 4.42. The number of rotatable bonds is 2. The molecule has 2 heterocycles. The van der Waals surface area contributed by atoms with Crippen molar-refractivity contribution >= 4 is 22.7 Å². The third-order valence-corrected chi connectivity index (χ3v) is 4.65. The summed E-state index contributed by atoms with van der Waals surface area (Å²) in [6.07, 6.45) is 4.87. The largest absolute Gasteiger partial charge is 0.467 e. The number of ether oxygens (including phenoxy) is 1. The summed E-state index contributed by atoms with van der Waals surface area (Å²) in [6.45, 7) is 3.61. The molecule has 3 rings (SSSR count). The van der Waals surface area contributed by atoms with Gasteiger partial charge in [0.1, 0.15) is 11.8 Å². The number of nitrogens with one attached hydrogen (secondary N) is 2. The van der Waals surface area contributed by atoms with Crippen molar-refractivity contribution in [2.24, 2.45) is 0 Å². The Morgan fingerprint density at radius 3 is 2.75 bits per heavy atom. The molecule has 126 valence electrons. The van der Waals surface area contributed by atoms with Crippen LogP contribution in [0.2, 0.25) is 0 Å². The predicted octanol–water partition coefficient (Wildman–Crippen LogP) is 2.82. The number of hydrogen-bond donors (Lipinski definition) is 2. The number of allylic oxidation sites excluding steroid dienone is 1. The van der Waals surface area contributed by atoms with E-state index in [1.807, 2.05) is 37.5 Å². The number of ketones is 1. The molecule has 0 radical (unpaired) electrons. The van der Waals surface area contributed by atoms with E-state index in [9.17, 15) is 9.59 Å². The fraction of sp³-hybridized carbons (Fsp3) is 0.368. The zero-order valence-electron chi connectivity index (χ0n) is 14.2. The number of hydrogen-bond acceptors (Lipinski definition) is 4. The molecule has 0 spiro atoms. The molecular weight excluding hydrogens is 304 g/mol. The van der Waals surface area contributed by atoms with E-state index < -0.39 is 6.04 Å². The number of Topliss-reactive ketones (excluding diaryl/α,β-unsaturated/α-hetero) is 1. The normalized spacial score (nSPS) is 23.0. The quantitative estimate of drug-likeness (QED) is 0.833. The first-order valence-corrected chi connectivity index (χ1v) is 8.10. The maximum atomic E-state index is 12.3. The smallest absolute Gasteiger partial charge is 0.328 e. The van der Waals surface area contributed by atoms with Crippen LogP contribution in [0.5, 0.6) is 0 Å². The maximum absolute atomic E-state index is 12.3. The van der Waals surface area contributed by atoms with Crippen molar-refractivity contribution in [1.29, 1.82) is 0 Å². The van der Waals surface area contributed by atoms with Crippen molar-refractivity contribution in [1.82, 2.24) is 10.3 Å². The molecule has 5 heteroatoms. The summed E-state index contributed by atoms with van der Waals surface area (Å²) >= 11 is 0. The van der Waals surface area contributed by atoms with Gasteiger partial charge in [-0.1, -0.05) is 17.7 Å². The molecule has 1 aliphatic heterocycles. The molecule has 0 saturated carbocycles. The molecule has 2 aromatic rings. The number of aromatic nitrogens is 1. The van der Waals surface area contributed by atoms with Crippen LogP contribution in [0, 0.1) is 0 Å². The van der Waals surface area contributed by atoms with E-state index >= 15 is 0 Å². The number of carbonyl (C=O) groups excluding carboxylic acids is 2. The molecule has 1 aromatic heterocycles. The Bertz CT molecular complexity index is 819. The fourth-order valence-corrected chi connectivity index (χ4v) is 3.41. The molecule has 0 amide bonds. The number of benzene rings is 1. The van der Waals surface area contributed by atoms with Gasteiger partial charge in [0.15, 0.2) is 0 Å². The molecule has 0 bridgehead atoms. The average molecular weight is 326 g/mol. The molecular formula is C19H22N2O3. The van der Waals surface area contributed by atoms with Crippen molar-refractivity contribution in [3.63, 3.8) is 0 Å². The Hall–Kier alpha value is -2.56. The fourth-order valence-electron chi connectivity index (χ4n) is 3.41. The lowest BCUT2D eigenvalue weighted by atomic mass is 9.85. The Labute approximate surface area is 141 Å². The second-order valence-corrected chi connectivity index (χ2v) is 6.39. The summed E-state index contributed by atoms with van der Waals surface area (Å²) in [5.74, 6) is -0.335. The van der Waals surface area contributed by atoms with Crippen LogP contribution in [0.3, 0.4) is 0 Å². The Morgan fingerprint density at radius 1 is 1.25 bits per heavy atom. The SMILES string of the molecule is COC(=O)C1Cc2c[nH]c3cccc(c23)C(C(C)=O)C/C(C)=C\N1. The Morgan fingerprint density at radius 2 is 2.04 bits per heavy atom. The van der Waals surface area contributed by atoms with E-state index in [2.05, 4.69) is 10.3 Å². The number of aromatic amines is 1. The van der Waals surface area contributed by atoms with Crippen LogP contribution in [0.25, 0.3) is 10.9 Å². The highest BCUT2D eigenvalue weighted by Gasteiger charge is 2.26. The second kappa shape index (κ2) is 6.51. The van der Waals surface area contributed by atoms with Crippen LogP contribution in [0.15, 0.2) is 36.2 Å². The van der Waals surface area contributed by atoms with E-state index in [1.54, 1.807) is 6.92 Å². The zero-order chi connectivity index (χ0) is 17.3. The van der Waals surface area contributed by atoms with Gasteiger partial charge in [0.05, 0.1) is 7.11 Å². The second-order valence-electron chi connectivity index (χ2n) is 6.39. The third-order valence-electron chi connectivity index (χ3n) is 4.65. The molecule has 2 N–H and O–H groups in total. The van der Waals surface area contributed by atoms with Crippen molar-refractivity contribution in [3.05, 3.63) is 47.3 Å². The molecule has 5 nitrogen and oxygen atoms in total. The van der Waals surface area contributed by atoms with E-state index in [4.69, 9.17) is 4.74 Å². The van der Waals surface area contributed by atoms with Crippen LogP contribution in [-0.2, 0) is 20.7 Å². The first-order valence-electron chi connectivity index (χ1n) is 8.10.